The Morgan fingerprint density at radius 3 is 2.47 bits per heavy atom. The fraction of sp³-hybridized carbons (Fsp3) is 1.00. The van der Waals surface area contributed by atoms with E-state index in [0.717, 1.165) is 36.4 Å². The number of hydrogen-bond donors (Lipinski definition) is 1. The minimum atomic E-state index is 0.769. The topological polar surface area (TPSA) is 15.3 Å². The smallest absolute Gasteiger partial charge is 0.0108 e. The van der Waals surface area contributed by atoms with Crippen molar-refractivity contribution in [3.05, 3.63) is 0 Å². The van der Waals surface area contributed by atoms with E-state index in [1.54, 1.807) is 0 Å². The fourth-order valence-corrected chi connectivity index (χ4v) is 4.17. The molecule has 5 unspecified atom stereocenters. The van der Waals surface area contributed by atoms with Crippen LogP contribution in [0.4, 0.5) is 0 Å². The highest BCUT2D eigenvalue weighted by atomic mass is 15.2. The predicted molar refractivity (Wildman–Crippen MR) is 83.4 cm³/mol. The molecule has 5 atom stereocenters. The highest BCUT2D eigenvalue weighted by Crippen LogP contribution is 2.31. The molecule has 2 rings (SSSR count). The second-order valence-corrected chi connectivity index (χ2v) is 7.33. The van der Waals surface area contributed by atoms with Gasteiger partial charge in [-0.1, -0.05) is 20.8 Å². The molecule has 0 aromatic carbocycles. The summed E-state index contributed by atoms with van der Waals surface area (Å²) in [6.07, 6.45) is 7.05. The monoisotopic (exact) mass is 266 g/mol. The summed E-state index contributed by atoms with van der Waals surface area (Å²) in [7, 11) is 0. The van der Waals surface area contributed by atoms with E-state index in [9.17, 15) is 0 Å². The van der Waals surface area contributed by atoms with E-state index in [1.165, 1.54) is 45.2 Å². The van der Waals surface area contributed by atoms with Gasteiger partial charge in [0.1, 0.15) is 0 Å². The molecule has 1 heterocycles. The van der Waals surface area contributed by atoms with Gasteiger partial charge in [0.25, 0.3) is 0 Å². The van der Waals surface area contributed by atoms with Crippen LogP contribution in [0.25, 0.3) is 0 Å². The first-order chi connectivity index (χ1) is 9.10. The van der Waals surface area contributed by atoms with Gasteiger partial charge in [0.15, 0.2) is 0 Å². The average Bonchev–Trinajstić information content (AvgIpc) is 2.37. The molecule has 112 valence electrons. The molecule has 19 heavy (non-hydrogen) atoms. The molecule has 1 saturated heterocycles. The lowest BCUT2D eigenvalue weighted by Gasteiger charge is -2.43. The molecule has 0 aromatic heterocycles. The number of piperidine rings is 1. The van der Waals surface area contributed by atoms with E-state index in [0.29, 0.717) is 0 Å². The lowest BCUT2D eigenvalue weighted by atomic mass is 9.78. The summed E-state index contributed by atoms with van der Waals surface area (Å²) in [5.41, 5.74) is 0. The highest BCUT2D eigenvalue weighted by Gasteiger charge is 2.32. The molecule has 2 aliphatic rings. The summed E-state index contributed by atoms with van der Waals surface area (Å²) in [5, 5.41) is 3.74. The molecule has 1 aliphatic carbocycles. The van der Waals surface area contributed by atoms with Crippen LogP contribution in [0.3, 0.4) is 0 Å². The van der Waals surface area contributed by atoms with Crippen molar-refractivity contribution in [1.82, 2.24) is 10.2 Å². The molecule has 1 aliphatic heterocycles. The minimum Gasteiger partial charge on any atom is -0.314 e. The van der Waals surface area contributed by atoms with Crippen molar-refractivity contribution >= 4 is 0 Å². The summed E-state index contributed by atoms with van der Waals surface area (Å²) >= 11 is 0. The zero-order chi connectivity index (χ0) is 13.8. The Balaban J connectivity index is 1.93. The average molecular weight is 266 g/mol. The van der Waals surface area contributed by atoms with E-state index in [2.05, 4.69) is 37.9 Å². The third-order valence-electron chi connectivity index (χ3n) is 5.43. The second kappa shape index (κ2) is 7.08. The standard InChI is InChI=1S/C17H34N2/c1-5-18-17-9-7-13(2)10-16(17)12-19-11-14(3)6-8-15(19)4/h13-18H,5-12H2,1-4H3. The fourth-order valence-electron chi connectivity index (χ4n) is 4.17. The molecule has 2 fully saturated rings. The van der Waals surface area contributed by atoms with Gasteiger partial charge in [0.2, 0.25) is 0 Å². The Morgan fingerprint density at radius 1 is 1.00 bits per heavy atom. The van der Waals surface area contributed by atoms with Crippen molar-refractivity contribution in [2.24, 2.45) is 17.8 Å². The van der Waals surface area contributed by atoms with Crippen molar-refractivity contribution in [1.29, 1.82) is 0 Å². The molecule has 0 amide bonds. The lowest BCUT2D eigenvalue weighted by Crippen LogP contribution is -2.49. The summed E-state index contributed by atoms with van der Waals surface area (Å²) in [5.74, 6) is 2.70. The van der Waals surface area contributed by atoms with Crippen molar-refractivity contribution in [3.8, 4) is 0 Å². The first kappa shape index (κ1) is 15.3. The molecule has 2 nitrogen and oxygen atoms in total. The lowest BCUT2D eigenvalue weighted by molar-refractivity contribution is 0.0759. The number of nitrogens with zero attached hydrogens (tertiary/aromatic N) is 1. The van der Waals surface area contributed by atoms with Crippen LogP contribution in [0.15, 0.2) is 0 Å². The summed E-state index contributed by atoms with van der Waals surface area (Å²) in [6, 6.07) is 1.57. The minimum absolute atomic E-state index is 0.769. The number of nitrogens with one attached hydrogen (secondary N) is 1. The first-order valence-corrected chi connectivity index (χ1v) is 8.57. The first-order valence-electron chi connectivity index (χ1n) is 8.57. The molecule has 2 heteroatoms. The van der Waals surface area contributed by atoms with E-state index < -0.39 is 0 Å². The molecular weight excluding hydrogens is 232 g/mol. The Hall–Kier alpha value is -0.0800. The van der Waals surface area contributed by atoms with Gasteiger partial charge in [-0.3, -0.25) is 0 Å². The normalized spacial score (nSPS) is 41.4. The largest absolute Gasteiger partial charge is 0.314 e. The third kappa shape index (κ3) is 4.19. The summed E-state index contributed by atoms with van der Waals surface area (Å²) < 4.78 is 0. The molecular formula is C17H34N2. The van der Waals surface area contributed by atoms with Crippen molar-refractivity contribution in [2.45, 2.75) is 71.9 Å². The van der Waals surface area contributed by atoms with Crippen LogP contribution in [-0.2, 0) is 0 Å². The van der Waals surface area contributed by atoms with Crippen LogP contribution < -0.4 is 5.32 Å². The molecule has 1 saturated carbocycles. The second-order valence-electron chi connectivity index (χ2n) is 7.33. The molecule has 0 radical (unpaired) electrons. The summed E-state index contributed by atoms with van der Waals surface area (Å²) in [4.78, 5) is 2.78. The van der Waals surface area contributed by atoms with Gasteiger partial charge in [-0.05, 0) is 63.3 Å². The maximum absolute atomic E-state index is 3.74. The van der Waals surface area contributed by atoms with Crippen molar-refractivity contribution in [2.75, 3.05) is 19.6 Å². The Bertz CT molecular complexity index is 266. The van der Waals surface area contributed by atoms with E-state index in [4.69, 9.17) is 0 Å². The molecule has 1 N–H and O–H groups in total. The van der Waals surface area contributed by atoms with Gasteiger partial charge in [-0.15, -0.1) is 0 Å². The third-order valence-corrected chi connectivity index (χ3v) is 5.43. The Labute approximate surface area is 120 Å². The number of hydrogen-bond acceptors (Lipinski definition) is 2. The zero-order valence-corrected chi connectivity index (χ0v) is 13.5. The van der Waals surface area contributed by atoms with Gasteiger partial charge in [-0.25, -0.2) is 0 Å². The van der Waals surface area contributed by atoms with E-state index in [-0.39, 0.29) is 0 Å². The number of likely N-dealkylation sites (tertiary alicyclic amines) is 1. The zero-order valence-electron chi connectivity index (χ0n) is 13.5. The predicted octanol–water partition coefficient (Wildman–Crippen LogP) is 3.52. The van der Waals surface area contributed by atoms with E-state index in [1.807, 2.05) is 0 Å². The van der Waals surface area contributed by atoms with Crippen molar-refractivity contribution < 1.29 is 0 Å². The van der Waals surface area contributed by atoms with Crippen LogP contribution in [0.2, 0.25) is 0 Å². The number of rotatable bonds is 4. The van der Waals surface area contributed by atoms with Crippen LogP contribution in [0, 0.1) is 17.8 Å². The molecule has 0 spiro atoms. The molecule has 0 aromatic rings. The Kier molecular flexibility index (Phi) is 5.70. The quantitative estimate of drug-likeness (QED) is 0.837. The van der Waals surface area contributed by atoms with E-state index >= 15 is 0 Å². The van der Waals surface area contributed by atoms with Crippen LogP contribution in [0.5, 0.6) is 0 Å². The van der Waals surface area contributed by atoms with Gasteiger partial charge in [0.05, 0.1) is 0 Å². The maximum Gasteiger partial charge on any atom is 0.0108 e. The highest BCUT2D eigenvalue weighted by molar-refractivity contribution is 4.88. The SMILES string of the molecule is CCNC1CCC(C)CC1CN1CC(C)CCC1C. The van der Waals surface area contributed by atoms with Gasteiger partial charge < -0.3 is 10.2 Å². The molecule has 0 bridgehead atoms. The Morgan fingerprint density at radius 2 is 1.74 bits per heavy atom. The van der Waals surface area contributed by atoms with Crippen LogP contribution in [0.1, 0.15) is 59.8 Å². The summed E-state index contributed by atoms with van der Waals surface area (Å²) in [6.45, 7) is 13.3. The van der Waals surface area contributed by atoms with Gasteiger partial charge >= 0.3 is 0 Å². The van der Waals surface area contributed by atoms with Gasteiger partial charge in [0, 0.05) is 25.2 Å². The van der Waals surface area contributed by atoms with Crippen LogP contribution >= 0.6 is 0 Å². The maximum atomic E-state index is 3.74. The van der Waals surface area contributed by atoms with Gasteiger partial charge in [-0.2, -0.15) is 0 Å². The van der Waals surface area contributed by atoms with Crippen LogP contribution in [-0.4, -0.2) is 36.6 Å². The van der Waals surface area contributed by atoms with Crippen molar-refractivity contribution in [3.63, 3.8) is 0 Å².